The lowest BCUT2D eigenvalue weighted by molar-refractivity contribution is -0.738. The highest BCUT2D eigenvalue weighted by Crippen LogP contribution is 2.50. The van der Waals surface area contributed by atoms with Gasteiger partial charge < -0.3 is 15.7 Å². The molecule has 0 bridgehead atoms. The van der Waals surface area contributed by atoms with E-state index < -0.39 is 29.5 Å². The highest BCUT2D eigenvalue weighted by molar-refractivity contribution is 6.14. The Balaban J connectivity index is 1.66. The second kappa shape index (κ2) is 5.62. The van der Waals surface area contributed by atoms with Gasteiger partial charge >= 0.3 is 0 Å². The summed E-state index contributed by atoms with van der Waals surface area (Å²) in [4.78, 5) is 41.4. The fourth-order valence-electron chi connectivity index (χ4n) is 5.83. The molecule has 142 valence electrons. The number of nitrogens with two attached hydrogens (primary N) is 1. The maximum Gasteiger partial charge on any atom is 0.291 e. The minimum Gasteiger partial charge on any atom is -0.387 e. The summed E-state index contributed by atoms with van der Waals surface area (Å²) in [5, 5.41) is 15.0. The Morgan fingerprint density at radius 2 is 1.89 bits per heavy atom. The molecule has 3 heterocycles. The number of nitrogens with one attached hydrogen (secondary N) is 1. The van der Waals surface area contributed by atoms with Crippen LogP contribution in [0.25, 0.3) is 0 Å². The summed E-state index contributed by atoms with van der Waals surface area (Å²) in [7, 11) is 0. The summed E-state index contributed by atoms with van der Waals surface area (Å²) in [6.45, 7) is 1.63. The molecule has 1 spiro atoms. The van der Waals surface area contributed by atoms with Crippen molar-refractivity contribution in [3.63, 3.8) is 0 Å². The summed E-state index contributed by atoms with van der Waals surface area (Å²) >= 11 is 0. The van der Waals surface area contributed by atoms with E-state index in [1.165, 1.54) is 4.90 Å². The smallest absolute Gasteiger partial charge is 0.291 e. The van der Waals surface area contributed by atoms with E-state index in [1.807, 2.05) is 24.3 Å². The van der Waals surface area contributed by atoms with Crippen LogP contribution in [-0.4, -0.2) is 45.9 Å². The van der Waals surface area contributed by atoms with E-state index in [1.54, 1.807) is 12.2 Å². The molecule has 0 unspecified atom stereocenters. The SMILES string of the molecule is C[C@H](O)[C@@H]1[NH2+][C@]2(C(=O)Nc3ccccc32)[C@@H]2C(=O)N(C3CCCC3)C(=O)[C@H]12. The lowest BCUT2D eigenvalue weighted by atomic mass is 9.76. The van der Waals surface area contributed by atoms with Crippen LogP contribution >= 0.6 is 0 Å². The van der Waals surface area contributed by atoms with Crippen LogP contribution < -0.4 is 10.6 Å². The molecule has 1 saturated carbocycles. The van der Waals surface area contributed by atoms with Gasteiger partial charge in [0.25, 0.3) is 5.91 Å². The van der Waals surface area contributed by atoms with Crippen LogP contribution in [0.5, 0.6) is 0 Å². The van der Waals surface area contributed by atoms with Crippen LogP contribution in [0.2, 0.25) is 0 Å². The maximum absolute atomic E-state index is 13.5. The predicted octanol–water partition coefficient (Wildman–Crippen LogP) is -0.296. The number of anilines is 1. The first kappa shape index (κ1) is 16.9. The van der Waals surface area contributed by atoms with Gasteiger partial charge in [-0.05, 0) is 25.8 Å². The Morgan fingerprint density at radius 3 is 2.59 bits per heavy atom. The fraction of sp³-hybridized carbons (Fsp3) is 0.550. The van der Waals surface area contributed by atoms with Gasteiger partial charge in [-0.3, -0.25) is 19.3 Å². The second-order valence-corrected chi connectivity index (χ2v) is 8.34. The number of carbonyl (C=O) groups excluding carboxylic acids is 3. The van der Waals surface area contributed by atoms with Crippen LogP contribution in [0.1, 0.15) is 38.2 Å². The topological polar surface area (TPSA) is 103 Å². The van der Waals surface area contributed by atoms with Crippen LogP contribution in [0.15, 0.2) is 24.3 Å². The summed E-state index contributed by atoms with van der Waals surface area (Å²) in [5.41, 5.74) is 0.245. The molecule has 1 aromatic rings. The normalized spacial score (nSPS) is 36.4. The number of fused-ring (bicyclic) bond motifs is 4. The van der Waals surface area contributed by atoms with Crippen LogP contribution in [0, 0.1) is 11.8 Å². The first-order valence-corrected chi connectivity index (χ1v) is 9.79. The summed E-state index contributed by atoms with van der Waals surface area (Å²) in [6.07, 6.45) is 2.87. The zero-order chi connectivity index (χ0) is 18.9. The molecule has 3 aliphatic heterocycles. The second-order valence-electron chi connectivity index (χ2n) is 8.34. The van der Waals surface area contributed by atoms with Gasteiger partial charge in [-0.25, -0.2) is 0 Å². The van der Waals surface area contributed by atoms with Crippen LogP contribution in [0.4, 0.5) is 5.69 Å². The lowest BCUT2D eigenvalue weighted by Gasteiger charge is -2.29. The summed E-state index contributed by atoms with van der Waals surface area (Å²) in [5.74, 6) is -2.17. The minimum absolute atomic E-state index is 0.0676. The number of likely N-dealkylation sites (tertiary alicyclic amines) is 1. The zero-order valence-corrected chi connectivity index (χ0v) is 15.2. The first-order chi connectivity index (χ1) is 13.0. The third kappa shape index (κ3) is 2.01. The van der Waals surface area contributed by atoms with E-state index in [9.17, 15) is 19.5 Å². The van der Waals surface area contributed by atoms with E-state index in [-0.39, 0.29) is 23.8 Å². The maximum atomic E-state index is 13.5. The zero-order valence-electron chi connectivity index (χ0n) is 15.2. The molecule has 7 heteroatoms. The van der Waals surface area contributed by atoms with E-state index >= 15 is 0 Å². The molecule has 1 aromatic carbocycles. The van der Waals surface area contributed by atoms with Crippen LogP contribution in [-0.2, 0) is 19.9 Å². The number of aliphatic hydroxyl groups excluding tert-OH is 1. The number of para-hydroxylation sites is 1. The van der Waals surface area contributed by atoms with Gasteiger partial charge in [0.15, 0.2) is 0 Å². The first-order valence-electron chi connectivity index (χ1n) is 9.79. The van der Waals surface area contributed by atoms with E-state index in [2.05, 4.69) is 5.32 Å². The number of carbonyl (C=O) groups is 3. The molecule has 2 saturated heterocycles. The number of aliphatic hydroxyl groups is 1. The number of amides is 3. The van der Waals surface area contributed by atoms with Crippen LogP contribution in [0.3, 0.4) is 0 Å². The van der Waals surface area contributed by atoms with Gasteiger partial charge in [-0.15, -0.1) is 0 Å². The molecule has 3 amide bonds. The monoisotopic (exact) mass is 370 g/mol. The Kier molecular flexibility index (Phi) is 3.52. The average molecular weight is 370 g/mol. The molecule has 4 N–H and O–H groups in total. The van der Waals surface area contributed by atoms with Crippen molar-refractivity contribution in [1.29, 1.82) is 0 Å². The van der Waals surface area contributed by atoms with Gasteiger partial charge in [0.1, 0.15) is 24.0 Å². The fourth-order valence-corrected chi connectivity index (χ4v) is 5.83. The molecule has 27 heavy (non-hydrogen) atoms. The van der Waals surface area contributed by atoms with Gasteiger partial charge in [0, 0.05) is 11.6 Å². The number of nitrogens with zero attached hydrogens (tertiary/aromatic N) is 1. The molecule has 4 aliphatic rings. The molecule has 0 radical (unpaired) electrons. The van der Waals surface area contributed by atoms with E-state index in [0.717, 1.165) is 31.2 Å². The third-order valence-electron chi connectivity index (χ3n) is 6.99. The van der Waals surface area contributed by atoms with Crippen molar-refractivity contribution in [2.45, 2.75) is 56.3 Å². The molecule has 5 atom stereocenters. The molecule has 3 fully saturated rings. The average Bonchev–Trinajstić information content (AvgIpc) is 3.37. The Morgan fingerprint density at radius 1 is 1.19 bits per heavy atom. The highest BCUT2D eigenvalue weighted by Gasteiger charge is 2.75. The Bertz CT molecular complexity index is 847. The van der Waals surface area contributed by atoms with Gasteiger partial charge in [-0.2, -0.15) is 0 Å². The predicted molar refractivity (Wildman–Crippen MR) is 95.2 cm³/mol. The largest absolute Gasteiger partial charge is 0.387 e. The minimum atomic E-state index is -1.18. The quantitative estimate of drug-likeness (QED) is 0.622. The number of rotatable bonds is 2. The number of hydrogen-bond acceptors (Lipinski definition) is 4. The van der Waals surface area contributed by atoms with Crippen molar-refractivity contribution in [1.82, 2.24) is 4.90 Å². The highest BCUT2D eigenvalue weighted by atomic mass is 16.3. The number of imide groups is 1. The van der Waals surface area contributed by atoms with E-state index in [4.69, 9.17) is 0 Å². The third-order valence-corrected chi connectivity index (χ3v) is 6.99. The van der Waals surface area contributed by atoms with Crippen molar-refractivity contribution >= 4 is 23.4 Å². The molecular weight excluding hydrogens is 346 g/mol. The van der Waals surface area contributed by atoms with Gasteiger partial charge in [0.2, 0.25) is 17.4 Å². The van der Waals surface area contributed by atoms with Crippen molar-refractivity contribution in [3.8, 4) is 0 Å². The summed E-state index contributed by atoms with van der Waals surface area (Å²) < 4.78 is 0. The van der Waals surface area contributed by atoms with Gasteiger partial charge in [-0.1, -0.05) is 31.0 Å². The van der Waals surface area contributed by atoms with Crippen molar-refractivity contribution in [2.24, 2.45) is 11.8 Å². The number of quaternary nitrogens is 1. The molecule has 7 nitrogen and oxygen atoms in total. The molecule has 5 rings (SSSR count). The molecule has 0 aromatic heterocycles. The molecule has 1 aliphatic carbocycles. The van der Waals surface area contributed by atoms with Crippen molar-refractivity contribution in [2.75, 3.05) is 5.32 Å². The lowest BCUT2D eigenvalue weighted by Crippen LogP contribution is -3.00. The summed E-state index contributed by atoms with van der Waals surface area (Å²) in [6, 6.07) is 6.76. The Labute approximate surface area is 157 Å². The Hall–Kier alpha value is -2.25. The van der Waals surface area contributed by atoms with Crippen molar-refractivity contribution in [3.05, 3.63) is 29.8 Å². The van der Waals surface area contributed by atoms with Gasteiger partial charge in [0.05, 0.1) is 5.69 Å². The standard InChI is InChI=1S/C20H23N3O4/c1-10(24)16-14-15(18(26)23(17(14)25)11-6-2-3-7-11)20(22-16)12-8-4-5-9-13(12)21-19(20)27/h4-5,8-11,14-16,22,24H,2-3,6-7H2,1H3,(H,21,27)/p+1/t10-,14-,15-,16-,20-/m0/s1. The molecular formula is C20H24N3O4+. The van der Waals surface area contributed by atoms with E-state index in [0.29, 0.717) is 5.69 Å². The number of benzene rings is 1. The number of hydrogen-bond donors (Lipinski definition) is 3. The van der Waals surface area contributed by atoms with Crippen molar-refractivity contribution < 1.29 is 24.8 Å².